The number of hydrogen-bond donors (Lipinski definition) is 1. The maximum atomic E-state index is 12.8. The molecule has 2 fully saturated rings. The van der Waals surface area contributed by atoms with Crippen LogP contribution in [0.1, 0.15) is 51.4 Å². The third kappa shape index (κ3) is 2.67. The number of nitriles is 1. The molecule has 0 aromatic rings. The van der Waals surface area contributed by atoms with Crippen LogP contribution >= 0.6 is 0 Å². The van der Waals surface area contributed by atoms with E-state index < -0.39 is 0 Å². The van der Waals surface area contributed by atoms with E-state index in [0.717, 1.165) is 38.5 Å². The van der Waals surface area contributed by atoms with Gasteiger partial charge in [0, 0.05) is 19.1 Å². The van der Waals surface area contributed by atoms with Crippen molar-refractivity contribution in [1.29, 1.82) is 5.26 Å². The van der Waals surface area contributed by atoms with Crippen molar-refractivity contribution in [2.24, 2.45) is 11.1 Å². The highest BCUT2D eigenvalue weighted by Crippen LogP contribution is 2.40. The second-order valence-corrected chi connectivity index (χ2v) is 5.68. The van der Waals surface area contributed by atoms with Crippen molar-refractivity contribution in [3.8, 4) is 6.07 Å². The molecule has 0 atom stereocenters. The van der Waals surface area contributed by atoms with Crippen LogP contribution in [0, 0.1) is 16.7 Å². The molecular weight excluding hydrogens is 226 g/mol. The smallest absolute Gasteiger partial charge is 0.230 e. The Labute approximate surface area is 109 Å². The molecule has 4 heteroatoms. The van der Waals surface area contributed by atoms with E-state index >= 15 is 0 Å². The summed E-state index contributed by atoms with van der Waals surface area (Å²) in [5, 5.41) is 8.72. The molecule has 0 heterocycles. The van der Waals surface area contributed by atoms with Crippen LogP contribution < -0.4 is 5.73 Å². The van der Waals surface area contributed by atoms with Crippen LogP contribution in [0.25, 0.3) is 0 Å². The summed E-state index contributed by atoms with van der Waals surface area (Å²) in [4.78, 5) is 14.7. The first-order valence-electron chi connectivity index (χ1n) is 7.11. The van der Waals surface area contributed by atoms with Gasteiger partial charge in [0.25, 0.3) is 0 Å². The van der Waals surface area contributed by atoms with E-state index in [2.05, 4.69) is 6.07 Å². The highest BCUT2D eigenvalue weighted by Gasteiger charge is 2.44. The van der Waals surface area contributed by atoms with Gasteiger partial charge in [-0.05, 0) is 25.7 Å². The van der Waals surface area contributed by atoms with Gasteiger partial charge in [0.2, 0.25) is 5.91 Å². The van der Waals surface area contributed by atoms with Crippen molar-refractivity contribution in [2.45, 2.75) is 57.4 Å². The number of nitrogens with two attached hydrogens (primary N) is 1. The zero-order valence-corrected chi connectivity index (χ0v) is 11.0. The van der Waals surface area contributed by atoms with Gasteiger partial charge in [-0.2, -0.15) is 5.26 Å². The minimum atomic E-state index is -0.323. The van der Waals surface area contributed by atoms with Crippen LogP contribution in [0.5, 0.6) is 0 Å². The Balaban J connectivity index is 2.07. The number of nitrogens with zero attached hydrogens (tertiary/aromatic N) is 2. The Morgan fingerprint density at radius 2 is 2.00 bits per heavy atom. The minimum Gasteiger partial charge on any atom is -0.338 e. The van der Waals surface area contributed by atoms with E-state index in [1.54, 1.807) is 0 Å². The van der Waals surface area contributed by atoms with Crippen molar-refractivity contribution >= 4 is 5.91 Å². The molecule has 2 N–H and O–H groups in total. The van der Waals surface area contributed by atoms with Crippen LogP contribution in [-0.4, -0.2) is 29.9 Å². The summed E-state index contributed by atoms with van der Waals surface area (Å²) in [5.41, 5.74) is 5.59. The highest BCUT2D eigenvalue weighted by atomic mass is 16.2. The van der Waals surface area contributed by atoms with E-state index in [1.165, 1.54) is 6.42 Å². The van der Waals surface area contributed by atoms with Crippen molar-refractivity contribution in [3.05, 3.63) is 0 Å². The first-order valence-corrected chi connectivity index (χ1v) is 7.11. The van der Waals surface area contributed by atoms with Gasteiger partial charge >= 0.3 is 0 Å². The SMILES string of the molecule is N#CCCN(C(=O)C1(CN)CCCCC1)C1CC1. The Kier molecular flexibility index (Phi) is 4.23. The quantitative estimate of drug-likeness (QED) is 0.807. The molecular formula is C14H23N3O. The predicted molar refractivity (Wildman–Crippen MR) is 69.5 cm³/mol. The van der Waals surface area contributed by atoms with Gasteiger partial charge in [0.15, 0.2) is 0 Å². The molecule has 2 aliphatic carbocycles. The molecule has 0 bridgehead atoms. The van der Waals surface area contributed by atoms with Crippen LogP contribution in [0.4, 0.5) is 0 Å². The van der Waals surface area contributed by atoms with Crippen molar-refractivity contribution in [1.82, 2.24) is 4.90 Å². The summed E-state index contributed by atoms with van der Waals surface area (Å²) in [6, 6.07) is 2.53. The van der Waals surface area contributed by atoms with E-state index in [9.17, 15) is 4.79 Å². The summed E-state index contributed by atoms with van der Waals surface area (Å²) in [7, 11) is 0. The van der Waals surface area contributed by atoms with E-state index in [1.807, 2.05) is 4.90 Å². The lowest BCUT2D eigenvalue weighted by atomic mass is 9.73. The predicted octanol–water partition coefficient (Wildman–Crippen LogP) is 1.80. The molecule has 0 unspecified atom stereocenters. The van der Waals surface area contributed by atoms with Crippen LogP contribution in [0.2, 0.25) is 0 Å². The monoisotopic (exact) mass is 249 g/mol. The third-order valence-electron chi connectivity index (χ3n) is 4.37. The topological polar surface area (TPSA) is 70.1 Å². The summed E-state index contributed by atoms with van der Waals surface area (Å²) in [6.07, 6.45) is 7.92. The Bertz CT molecular complexity index is 337. The minimum absolute atomic E-state index is 0.224. The second kappa shape index (κ2) is 5.71. The largest absolute Gasteiger partial charge is 0.338 e. The fourth-order valence-electron chi connectivity index (χ4n) is 3.05. The molecule has 100 valence electrons. The maximum Gasteiger partial charge on any atom is 0.230 e. The van der Waals surface area contributed by atoms with Gasteiger partial charge in [0.1, 0.15) is 0 Å². The van der Waals surface area contributed by atoms with Gasteiger partial charge in [-0.1, -0.05) is 19.3 Å². The Hall–Kier alpha value is -1.08. The Morgan fingerprint density at radius 3 is 2.50 bits per heavy atom. The normalized spacial score (nSPS) is 22.2. The van der Waals surface area contributed by atoms with Crippen LogP contribution in [0.3, 0.4) is 0 Å². The first-order chi connectivity index (χ1) is 8.73. The van der Waals surface area contributed by atoms with Gasteiger partial charge < -0.3 is 10.6 Å². The van der Waals surface area contributed by atoms with Gasteiger partial charge in [-0.3, -0.25) is 4.79 Å². The number of rotatable bonds is 5. The summed E-state index contributed by atoms with van der Waals surface area (Å²) in [6.45, 7) is 1.04. The zero-order valence-electron chi connectivity index (χ0n) is 11.0. The maximum absolute atomic E-state index is 12.8. The van der Waals surface area contributed by atoms with E-state index in [4.69, 9.17) is 11.0 Å². The molecule has 0 saturated heterocycles. The molecule has 4 nitrogen and oxygen atoms in total. The molecule has 0 aromatic carbocycles. The number of carbonyl (C=O) groups excluding carboxylic acids is 1. The fourth-order valence-corrected chi connectivity index (χ4v) is 3.05. The van der Waals surface area contributed by atoms with E-state index in [-0.39, 0.29) is 11.3 Å². The number of amides is 1. The van der Waals surface area contributed by atoms with Crippen molar-refractivity contribution in [3.63, 3.8) is 0 Å². The zero-order chi connectivity index (χ0) is 13.0. The Morgan fingerprint density at radius 1 is 1.33 bits per heavy atom. The second-order valence-electron chi connectivity index (χ2n) is 5.68. The first kappa shape index (κ1) is 13.4. The molecule has 0 aromatic heterocycles. The molecule has 0 aliphatic heterocycles. The number of carbonyl (C=O) groups is 1. The standard InChI is InChI=1S/C14H23N3O/c15-9-4-10-17(12-5-6-12)13(18)14(11-16)7-2-1-3-8-14/h12H,1-8,10-11,16H2. The average molecular weight is 249 g/mol. The lowest BCUT2D eigenvalue weighted by molar-refractivity contribution is -0.144. The van der Waals surface area contributed by atoms with Crippen molar-refractivity contribution < 1.29 is 4.79 Å². The average Bonchev–Trinajstić information content (AvgIpc) is 3.24. The lowest BCUT2D eigenvalue weighted by Crippen LogP contribution is -2.50. The third-order valence-corrected chi connectivity index (χ3v) is 4.37. The van der Waals surface area contributed by atoms with Crippen LogP contribution in [-0.2, 0) is 4.79 Å². The van der Waals surface area contributed by atoms with E-state index in [0.29, 0.717) is 25.6 Å². The molecule has 2 rings (SSSR count). The summed E-state index contributed by atoms with van der Waals surface area (Å²) in [5.74, 6) is 0.224. The summed E-state index contributed by atoms with van der Waals surface area (Å²) < 4.78 is 0. The fraction of sp³-hybridized carbons (Fsp3) is 0.857. The molecule has 2 saturated carbocycles. The van der Waals surface area contributed by atoms with Crippen molar-refractivity contribution in [2.75, 3.05) is 13.1 Å². The molecule has 18 heavy (non-hydrogen) atoms. The van der Waals surface area contributed by atoms with Gasteiger partial charge in [0.05, 0.1) is 17.9 Å². The highest BCUT2D eigenvalue weighted by molar-refractivity contribution is 5.83. The van der Waals surface area contributed by atoms with Crippen LogP contribution in [0.15, 0.2) is 0 Å². The number of hydrogen-bond acceptors (Lipinski definition) is 3. The molecule has 1 amide bonds. The molecule has 2 aliphatic rings. The lowest BCUT2D eigenvalue weighted by Gasteiger charge is -2.39. The van der Waals surface area contributed by atoms with Gasteiger partial charge in [-0.25, -0.2) is 0 Å². The van der Waals surface area contributed by atoms with Gasteiger partial charge in [-0.15, -0.1) is 0 Å². The summed E-state index contributed by atoms with van der Waals surface area (Å²) >= 11 is 0. The molecule has 0 spiro atoms. The molecule has 0 radical (unpaired) electrons.